The number of amides is 3. The van der Waals surface area contributed by atoms with E-state index in [-0.39, 0.29) is 36.0 Å². The third-order valence-electron chi connectivity index (χ3n) is 3.98. The van der Waals surface area contributed by atoms with Gasteiger partial charge in [-0.15, -0.1) is 0 Å². The molecular weight excluding hydrogens is 325 g/mol. The second kappa shape index (κ2) is 7.69. The summed E-state index contributed by atoms with van der Waals surface area (Å²) in [5, 5.41) is 5.52. The predicted molar refractivity (Wildman–Crippen MR) is 88.4 cm³/mol. The van der Waals surface area contributed by atoms with Gasteiger partial charge in [-0.2, -0.15) is 0 Å². The Morgan fingerprint density at radius 3 is 2.96 bits per heavy atom. The first-order valence-electron chi connectivity index (χ1n) is 7.96. The molecule has 0 bridgehead atoms. The van der Waals surface area contributed by atoms with Crippen LogP contribution in [-0.2, 0) is 6.42 Å². The lowest BCUT2D eigenvalue weighted by Gasteiger charge is -2.27. The van der Waals surface area contributed by atoms with Crippen LogP contribution in [-0.4, -0.2) is 52.5 Å². The Labute approximate surface area is 144 Å². The van der Waals surface area contributed by atoms with Gasteiger partial charge in [0.2, 0.25) is 0 Å². The monoisotopic (exact) mass is 343 g/mol. The molecule has 2 heterocycles. The summed E-state index contributed by atoms with van der Waals surface area (Å²) in [5.74, 6) is -0.692. The Kier molecular flexibility index (Phi) is 5.17. The molecule has 25 heavy (non-hydrogen) atoms. The van der Waals surface area contributed by atoms with E-state index in [1.165, 1.54) is 30.7 Å². The number of rotatable bonds is 6. The average Bonchev–Trinajstić information content (AvgIpc) is 3.05. The van der Waals surface area contributed by atoms with Crippen molar-refractivity contribution in [2.24, 2.45) is 0 Å². The summed E-state index contributed by atoms with van der Waals surface area (Å²) in [7, 11) is 0. The van der Waals surface area contributed by atoms with Crippen molar-refractivity contribution in [3.63, 3.8) is 0 Å². The second-order valence-corrected chi connectivity index (χ2v) is 5.71. The lowest BCUT2D eigenvalue weighted by atomic mass is 10.0. The maximum atomic E-state index is 13.4. The number of carbonyl (C=O) groups excluding carboxylic acids is 2. The summed E-state index contributed by atoms with van der Waals surface area (Å²) in [5.41, 5.74) is 0.969. The third-order valence-corrected chi connectivity index (χ3v) is 3.98. The van der Waals surface area contributed by atoms with Crippen molar-refractivity contribution in [1.82, 2.24) is 25.5 Å². The quantitative estimate of drug-likeness (QED) is 0.819. The first-order valence-corrected chi connectivity index (χ1v) is 7.96. The smallest absolute Gasteiger partial charge is 0.317 e. The van der Waals surface area contributed by atoms with Gasteiger partial charge in [0, 0.05) is 32.0 Å². The van der Waals surface area contributed by atoms with Crippen LogP contribution in [0.15, 0.2) is 42.9 Å². The Morgan fingerprint density at radius 2 is 2.28 bits per heavy atom. The molecule has 1 aromatic heterocycles. The van der Waals surface area contributed by atoms with Crippen molar-refractivity contribution in [2.45, 2.75) is 12.5 Å². The van der Waals surface area contributed by atoms with Crippen molar-refractivity contribution in [2.75, 3.05) is 19.6 Å². The molecule has 1 saturated heterocycles. The summed E-state index contributed by atoms with van der Waals surface area (Å²) < 4.78 is 13.4. The highest BCUT2D eigenvalue weighted by atomic mass is 19.1. The largest absolute Gasteiger partial charge is 0.349 e. The number of urea groups is 1. The fourth-order valence-corrected chi connectivity index (χ4v) is 2.78. The Bertz CT molecular complexity index is 756. The van der Waals surface area contributed by atoms with Crippen molar-refractivity contribution >= 4 is 11.9 Å². The van der Waals surface area contributed by atoms with E-state index in [1.807, 2.05) is 0 Å². The van der Waals surface area contributed by atoms with E-state index in [2.05, 4.69) is 20.6 Å². The molecule has 1 aliphatic rings. The van der Waals surface area contributed by atoms with Gasteiger partial charge in [-0.25, -0.2) is 14.2 Å². The maximum absolute atomic E-state index is 13.4. The molecule has 0 spiro atoms. The molecule has 0 unspecified atom stereocenters. The second-order valence-electron chi connectivity index (χ2n) is 5.71. The van der Waals surface area contributed by atoms with E-state index in [1.54, 1.807) is 17.0 Å². The molecule has 3 amide bonds. The highest BCUT2D eigenvalue weighted by Crippen LogP contribution is 2.13. The molecule has 1 aliphatic heterocycles. The predicted octanol–water partition coefficient (Wildman–Crippen LogP) is 0.982. The SMILES string of the molecule is O=C(NC[C@@H](Cc1cccc(F)c1)N1CCNC1=O)c1cnccn1. The van der Waals surface area contributed by atoms with Gasteiger partial charge in [0.1, 0.15) is 11.5 Å². The van der Waals surface area contributed by atoms with Crippen molar-refractivity contribution in [3.05, 3.63) is 59.9 Å². The standard InChI is InChI=1S/C17H18FN5O2/c18-13-3-1-2-12(8-13)9-14(23-7-6-21-17(23)25)10-22-16(24)15-11-19-4-5-20-15/h1-5,8,11,14H,6-7,9-10H2,(H,21,25)(H,22,24)/t14-/m1/s1. The van der Waals surface area contributed by atoms with Crippen LogP contribution >= 0.6 is 0 Å². The number of hydrogen-bond acceptors (Lipinski definition) is 4. The van der Waals surface area contributed by atoms with Crippen LogP contribution in [0.25, 0.3) is 0 Å². The summed E-state index contributed by atoms with van der Waals surface area (Å²) in [4.78, 5) is 33.6. The van der Waals surface area contributed by atoms with E-state index in [4.69, 9.17) is 0 Å². The molecule has 130 valence electrons. The van der Waals surface area contributed by atoms with Gasteiger partial charge in [-0.3, -0.25) is 9.78 Å². The lowest BCUT2D eigenvalue weighted by Crippen LogP contribution is -2.46. The molecule has 0 saturated carbocycles. The number of nitrogens with one attached hydrogen (secondary N) is 2. The third kappa shape index (κ3) is 4.28. The van der Waals surface area contributed by atoms with E-state index in [0.717, 1.165) is 5.56 Å². The normalized spacial score (nSPS) is 14.9. The molecule has 8 heteroatoms. The van der Waals surface area contributed by atoms with E-state index >= 15 is 0 Å². The number of benzene rings is 1. The van der Waals surface area contributed by atoms with Crippen LogP contribution in [0.4, 0.5) is 9.18 Å². The molecular formula is C17H18FN5O2. The van der Waals surface area contributed by atoms with E-state index < -0.39 is 0 Å². The van der Waals surface area contributed by atoms with Crippen LogP contribution in [0.3, 0.4) is 0 Å². The fraction of sp³-hybridized carbons (Fsp3) is 0.294. The molecule has 1 aromatic carbocycles. The number of carbonyl (C=O) groups is 2. The molecule has 0 aliphatic carbocycles. The zero-order chi connectivity index (χ0) is 17.6. The van der Waals surface area contributed by atoms with Gasteiger partial charge >= 0.3 is 6.03 Å². The zero-order valence-corrected chi connectivity index (χ0v) is 13.5. The van der Waals surface area contributed by atoms with Crippen LogP contribution in [0, 0.1) is 5.82 Å². The minimum absolute atomic E-state index is 0.185. The van der Waals surface area contributed by atoms with Gasteiger partial charge in [-0.1, -0.05) is 12.1 Å². The van der Waals surface area contributed by atoms with Crippen molar-refractivity contribution in [3.8, 4) is 0 Å². The summed E-state index contributed by atoms with van der Waals surface area (Å²) >= 11 is 0. The first-order chi connectivity index (χ1) is 12.1. The average molecular weight is 343 g/mol. The zero-order valence-electron chi connectivity index (χ0n) is 13.5. The Balaban J connectivity index is 1.70. The van der Waals surface area contributed by atoms with Crippen LogP contribution in [0.2, 0.25) is 0 Å². The van der Waals surface area contributed by atoms with Gasteiger partial charge in [-0.05, 0) is 24.1 Å². The van der Waals surface area contributed by atoms with Crippen LogP contribution < -0.4 is 10.6 Å². The molecule has 1 fully saturated rings. The maximum Gasteiger partial charge on any atom is 0.317 e. The van der Waals surface area contributed by atoms with Crippen LogP contribution in [0.1, 0.15) is 16.1 Å². The number of aromatic nitrogens is 2. The van der Waals surface area contributed by atoms with Crippen molar-refractivity contribution in [1.29, 1.82) is 0 Å². The Morgan fingerprint density at radius 1 is 1.40 bits per heavy atom. The van der Waals surface area contributed by atoms with Crippen LogP contribution in [0.5, 0.6) is 0 Å². The summed E-state index contributed by atoms with van der Waals surface area (Å²) in [6.07, 6.45) is 4.73. The summed E-state index contributed by atoms with van der Waals surface area (Å²) in [6.45, 7) is 1.33. The van der Waals surface area contributed by atoms with E-state index in [0.29, 0.717) is 19.5 Å². The molecule has 3 rings (SSSR count). The molecule has 2 N–H and O–H groups in total. The lowest BCUT2D eigenvalue weighted by molar-refractivity contribution is 0.0934. The summed E-state index contributed by atoms with van der Waals surface area (Å²) in [6, 6.07) is 5.76. The highest BCUT2D eigenvalue weighted by molar-refractivity contribution is 5.91. The molecule has 1 atom stereocenters. The molecule has 2 aromatic rings. The first kappa shape index (κ1) is 16.8. The fourth-order valence-electron chi connectivity index (χ4n) is 2.78. The van der Waals surface area contributed by atoms with Gasteiger partial charge < -0.3 is 15.5 Å². The number of halogens is 1. The minimum Gasteiger partial charge on any atom is -0.349 e. The highest BCUT2D eigenvalue weighted by Gasteiger charge is 2.28. The minimum atomic E-state index is -0.364. The molecule has 0 radical (unpaired) electrons. The number of nitrogens with zero attached hydrogens (tertiary/aromatic N) is 3. The topological polar surface area (TPSA) is 87.2 Å². The Hall–Kier alpha value is -3.03. The van der Waals surface area contributed by atoms with E-state index in [9.17, 15) is 14.0 Å². The van der Waals surface area contributed by atoms with Crippen molar-refractivity contribution < 1.29 is 14.0 Å². The van der Waals surface area contributed by atoms with Gasteiger partial charge in [0.15, 0.2) is 0 Å². The number of hydrogen-bond donors (Lipinski definition) is 2. The molecule has 7 nitrogen and oxygen atoms in total. The van der Waals surface area contributed by atoms with Gasteiger partial charge in [0.05, 0.1) is 12.2 Å². The van der Waals surface area contributed by atoms with Gasteiger partial charge in [0.25, 0.3) is 5.91 Å².